The average Bonchev–Trinajstić information content (AvgIpc) is 1.99. The van der Waals surface area contributed by atoms with Gasteiger partial charge in [0.1, 0.15) is 5.82 Å². The van der Waals surface area contributed by atoms with Gasteiger partial charge in [-0.3, -0.25) is 0 Å². The lowest BCUT2D eigenvalue weighted by atomic mass is 10.3. The fourth-order valence-corrected chi connectivity index (χ4v) is 1.23. The highest BCUT2D eigenvalue weighted by Gasteiger charge is 2.26. The number of rotatable bonds is 3. The van der Waals surface area contributed by atoms with Crippen molar-refractivity contribution in [3.05, 3.63) is 29.0 Å². The Balaban J connectivity index is 2.51. The Hall–Kier alpha value is -0.970. The standard InChI is InChI=1S/C9H8ClF4N/c10-6-3-7(11)5-8(4-6)15-2-1-9(12,13)14/h3-5,15H,1-2H2. The number of anilines is 1. The molecule has 0 fully saturated rings. The predicted octanol–water partition coefficient (Wildman–Crippen LogP) is 3.84. The zero-order valence-corrected chi connectivity index (χ0v) is 8.29. The lowest BCUT2D eigenvalue weighted by Crippen LogP contribution is -2.14. The van der Waals surface area contributed by atoms with E-state index in [1.54, 1.807) is 0 Å². The molecule has 1 rings (SSSR count). The van der Waals surface area contributed by atoms with Gasteiger partial charge in [-0.1, -0.05) is 11.6 Å². The summed E-state index contributed by atoms with van der Waals surface area (Å²) in [6.07, 6.45) is -5.19. The van der Waals surface area contributed by atoms with Gasteiger partial charge in [-0.15, -0.1) is 0 Å². The Morgan fingerprint density at radius 1 is 1.20 bits per heavy atom. The maximum atomic E-state index is 12.7. The van der Waals surface area contributed by atoms with Crippen molar-refractivity contribution in [1.29, 1.82) is 0 Å². The second-order valence-electron chi connectivity index (χ2n) is 2.95. The molecule has 0 bridgehead atoms. The molecule has 1 N–H and O–H groups in total. The van der Waals surface area contributed by atoms with Gasteiger partial charge in [0.25, 0.3) is 0 Å². The highest BCUT2D eigenvalue weighted by atomic mass is 35.5. The minimum absolute atomic E-state index is 0.143. The first-order valence-corrected chi connectivity index (χ1v) is 4.51. The molecule has 15 heavy (non-hydrogen) atoms. The molecule has 0 atom stereocenters. The third-order valence-corrected chi connectivity index (χ3v) is 1.82. The van der Waals surface area contributed by atoms with Crippen LogP contribution in [0.3, 0.4) is 0 Å². The summed E-state index contributed by atoms with van der Waals surface area (Å²) >= 11 is 5.52. The molecule has 1 aromatic carbocycles. The first-order valence-electron chi connectivity index (χ1n) is 4.13. The van der Waals surface area contributed by atoms with E-state index in [2.05, 4.69) is 5.32 Å². The molecular formula is C9H8ClF4N. The van der Waals surface area contributed by atoms with Crippen molar-refractivity contribution < 1.29 is 17.6 Å². The molecule has 1 aromatic rings. The van der Waals surface area contributed by atoms with Gasteiger partial charge in [-0.2, -0.15) is 13.2 Å². The van der Waals surface area contributed by atoms with Crippen LogP contribution in [0.25, 0.3) is 0 Å². The van der Waals surface area contributed by atoms with Gasteiger partial charge in [-0.25, -0.2) is 4.39 Å². The normalized spacial score (nSPS) is 11.5. The second kappa shape index (κ2) is 4.70. The van der Waals surface area contributed by atoms with Crippen LogP contribution in [0, 0.1) is 5.82 Å². The van der Waals surface area contributed by atoms with Crippen molar-refractivity contribution in [1.82, 2.24) is 0 Å². The van der Waals surface area contributed by atoms with Crippen LogP contribution in [0.15, 0.2) is 18.2 Å². The highest BCUT2D eigenvalue weighted by molar-refractivity contribution is 6.30. The SMILES string of the molecule is Fc1cc(Cl)cc(NCCC(F)(F)F)c1. The molecule has 1 nitrogen and oxygen atoms in total. The van der Waals surface area contributed by atoms with E-state index >= 15 is 0 Å². The molecule has 0 spiro atoms. The highest BCUT2D eigenvalue weighted by Crippen LogP contribution is 2.21. The van der Waals surface area contributed by atoms with Crippen molar-refractivity contribution in [2.45, 2.75) is 12.6 Å². The van der Waals surface area contributed by atoms with Crippen molar-refractivity contribution >= 4 is 17.3 Å². The van der Waals surface area contributed by atoms with E-state index in [0.717, 1.165) is 12.1 Å². The van der Waals surface area contributed by atoms with Crippen LogP contribution in [0.1, 0.15) is 6.42 Å². The van der Waals surface area contributed by atoms with E-state index in [1.165, 1.54) is 6.07 Å². The summed E-state index contributed by atoms with van der Waals surface area (Å²) in [4.78, 5) is 0. The summed E-state index contributed by atoms with van der Waals surface area (Å²) in [5, 5.41) is 2.58. The minimum Gasteiger partial charge on any atom is -0.385 e. The van der Waals surface area contributed by atoms with Crippen molar-refractivity contribution in [2.75, 3.05) is 11.9 Å². The maximum absolute atomic E-state index is 12.7. The Labute approximate surface area is 89.0 Å². The molecule has 0 saturated heterocycles. The Bertz CT molecular complexity index is 317. The molecule has 0 aliphatic rings. The maximum Gasteiger partial charge on any atom is 0.390 e. The van der Waals surface area contributed by atoms with Gasteiger partial charge in [-0.05, 0) is 18.2 Å². The van der Waals surface area contributed by atoms with Gasteiger partial charge in [0, 0.05) is 17.3 Å². The molecule has 0 saturated carbocycles. The van der Waals surface area contributed by atoms with Crippen LogP contribution in [0.4, 0.5) is 23.2 Å². The van der Waals surface area contributed by atoms with Gasteiger partial charge in [0.05, 0.1) is 6.42 Å². The van der Waals surface area contributed by atoms with E-state index in [0.29, 0.717) is 0 Å². The van der Waals surface area contributed by atoms with Crippen molar-refractivity contribution in [3.8, 4) is 0 Å². The molecule has 84 valence electrons. The van der Waals surface area contributed by atoms with Gasteiger partial charge in [0.2, 0.25) is 0 Å². The van der Waals surface area contributed by atoms with Crippen LogP contribution < -0.4 is 5.32 Å². The monoisotopic (exact) mass is 241 g/mol. The van der Waals surface area contributed by atoms with Gasteiger partial charge >= 0.3 is 6.18 Å². The minimum atomic E-state index is -4.22. The zero-order chi connectivity index (χ0) is 11.5. The van der Waals surface area contributed by atoms with Crippen LogP contribution in [0.2, 0.25) is 5.02 Å². The van der Waals surface area contributed by atoms with E-state index in [9.17, 15) is 17.6 Å². The number of hydrogen-bond acceptors (Lipinski definition) is 1. The van der Waals surface area contributed by atoms with E-state index in [1.807, 2.05) is 0 Å². The number of benzene rings is 1. The summed E-state index contributed by atoms with van der Waals surface area (Å²) in [6.45, 7) is -0.302. The van der Waals surface area contributed by atoms with Crippen molar-refractivity contribution in [2.24, 2.45) is 0 Å². The number of halogens is 5. The van der Waals surface area contributed by atoms with Crippen LogP contribution >= 0.6 is 11.6 Å². The summed E-state index contributed by atoms with van der Waals surface area (Å²) < 4.78 is 48.1. The Morgan fingerprint density at radius 2 is 1.87 bits per heavy atom. The fourth-order valence-electron chi connectivity index (χ4n) is 1.00. The van der Waals surface area contributed by atoms with Crippen molar-refractivity contribution in [3.63, 3.8) is 0 Å². The number of hydrogen-bond donors (Lipinski definition) is 1. The summed E-state index contributed by atoms with van der Waals surface area (Å²) in [7, 11) is 0. The lowest BCUT2D eigenvalue weighted by Gasteiger charge is -2.09. The molecule has 0 heterocycles. The van der Waals surface area contributed by atoms with Crippen LogP contribution in [0.5, 0.6) is 0 Å². The molecule has 0 amide bonds. The van der Waals surface area contributed by atoms with E-state index in [4.69, 9.17) is 11.6 Å². The summed E-state index contributed by atoms with van der Waals surface area (Å²) in [6, 6.07) is 3.53. The van der Waals surface area contributed by atoms with Gasteiger partial charge in [0.15, 0.2) is 0 Å². The molecule has 0 unspecified atom stereocenters. The van der Waals surface area contributed by atoms with Gasteiger partial charge < -0.3 is 5.32 Å². The van der Waals surface area contributed by atoms with E-state index < -0.39 is 18.4 Å². The predicted molar refractivity (Wildman–Crippen MR) is 50.6 cm³/mol. The third-order valence-electron chi connectivity index (χ3n) is 1.60. The Morgan fingerprint density at radius 3 is 2.40 bits per heavy atom. The largest absolute Gasteiger partial charge is 0.390 e. The van der Waals surface area contributed by atoms with Crippen LogP contribution in [-0.2, 0) is 0 Å². The molecule has 0 aromatic heterocycles. The quantitative estimate of drug-likeness (QED) is 0.793. The fraction of sp³-hybridized carbons (Fsp3) is 0.333. The topological polar surface area (TPSA) is 12.0 Å². The first-order chi connectivity index (χ1) is 6.87. The number of alkyl halides is 3. The lowest BCUT2D eigenvalue weighted by molar-refractivity contribution is -0.131. The smallest absolute Gasteiger partial charge is 0.385 e. The van der Waals surface area contributed by atoms with Crippen LogP contribution in [-0.4, -0.2) is 12.7 Å². The first kappa shape index (κ1) is 12.1. The summed E-state index contributed by atoms with van der Waals surface area (Å²) in [5.74, 6) is -0.586. The Kier molecular flexibility index (Phi) is 3.79. The molecule has 0 aliphatic carbocycles. The average molecular weight is 242 g/mol. The molecule has 6 heteroatoms. The second-order valence-corrected chi connectivity index (χ2v) is 3.39. The number of nitrogens with one attached hydrogen (secondary N) is 1. The zero-order valence-electron chi connectivity index (χ0n) is 7.54. The third kappa shape index (κ3) is 4.88. The van der Waals surface area contributed by atoms with E-state index in [-0.39, 0.29) is 17.3 Å². The molecule has 0 radical (unpaired) electrons. The molecular weight excluding hydrogens is 234 g/mol. The summed E-state index contributed by atoms with van der Waals surface area (Å²) in [5.41, 5.74) is 0.240. The molecule has 0 aliphatic heterocycles.